The monoisotopic (exact) mass is 252 g/mol. The van der Waals surface area contributed by atoms with Gasteiger partial charge in [-0.2, -0.15) is 5.10 Å². The summed E-state index contributed by atoms with van der Waals surface area (Å²) in [6, 6.07) is 2.69. The Bertz CT molecular complexity index is 345. The van der Waals surface area contributed by atoms with Crippen molar-refractivity contribution in [2.45, 2.75) is 39.8 Å². The van der Waals surface area contributed by atoms with Crippen LogP contribution < -0.4 is 5.32 Å². The lowest BCUT2D eigenvalue weighted by molar-refractivity contribution is 0.303. The number of aryl methyl sites for hydroxylation is 2. The molecule has 4 nitrogen and oxygen atoms in total. The topological polar surface area (TPSA) is 33.1 Å². The lowest BCUT2D eigenvalue weighted by Crippen LogP contribution is -2.39. The van der Waals surface area contributed by atoms with E-state index in [4.69, 9.17) is 0 Å². The van der Waals surface area contributed by atoms with Crippen LogP contribution in [0.2, 0.25) is 0 Å². The molecule has 0 radical (unpaired) electrons. The fourth-order valence-electron chi connectivity index (χ4n) is 2.31. The first-order valence-corrected chi connectivity index (χ1v) is 6.76. The summed E-state index contributed by atoms with van der Waals surface area (Å²) in [6.45, 7) is 8.56. The summed E-state index contributed by atoms with van der Waals surface area (Å²) in [4.78, 5) is 2.24. The average Bonchev–Trinajstić information content (AvgIpc) is 2.52. The van der Waals surface area contributed by atoms with Crippen LogP contribution in [0.15, 0.2) is 6.07 Å². The van der Waals surface area contributed by atoms with E-state index >= 15 is 0 Å². The van der Waals surface area contributed by atoms with Gasteiger partial charge in [-0.25, -0.2) is 0 Å². The van der Waals surface area contributed by atoms with Gasteiger partial charge in [0.25, 0.3) is 0 Å². The van der Waals surface area contributed by atoms with Crippen molar-refractivity contribution in [2.75, 3.05) is 20.6 Å². The highest BCUT2D eigenvalue weighted by Gasteiger charge is 2.12. The molecule has 1 atom stereocenters. The predicted octanol–water partition coefficient (Wildman–Crippen LogP) is 1.79. The predicted molar refractivity (Wildman–Crippen MR) is 76.6 cm³/mol. The molecule has 0 saturated heterocycles. The van der Waals surface area contributed by atoms with Gasteiger partial charge in [-0.15, -0.1) is 0 Å². The van der Waals surface area contributed by atoms with E-state index in [-0.39, 0.29) is 0 Å². The second-order valence-electron chi connectivity index (χ2n) is 5.87. The van der Waals surface area contributed by atoms with Crippen LogP contribution in [-0.4, -0.2) is 41.4 Å². The summed E-state index contributed by atoms with van der Waals surface area (Å²) in [5.74, 6) is 0.718. The molecule has 0 saturated carbocycles. The molecular formula is C14H28N4. The molecule has 0 fully saturated rings. The van der Waals surface area contributed by atoms with Crippen molar-refractivity contribution in [3.63, 3.8) is 0 Å². The van der Waals surface area contributed by atoms with Crippen molar-refractivity contribution in [2.24, 2.45) is 13.0 Å². The van der Waals surface area contributed by atoms with Crippen LogP contribution in [0.4, 0.5) is 0 Å². The van der Waals surface area contributed by atoms with Crippen LogP contribution in [-0.2, 0) is 13.6 Å². The number of hydrogen-bond acceptors (Lipinski definition) is 3. The average molecular weight is 252 g/mol. The van der Waals surface area contributed by atoms with Crippen molar-refractivity contribution in [1.82, 2.24) is 20.0 Å². The molecule has 1 heterocycles. The Morgan fingerprint density at radius 2 is 2.06 bits per heavy atom. The number of nitrogens with zero attached hydrogens (tertiary/aromatic N) is 3. The van der Waals surface area contributed by atoms with Gasteiger partial charge in [0, 0.05) is 26.2 Å². The van der Waals surface area contributed by atoms with Gasteiger partial charge in [-0.1, -0.05) is 13.8 Å². The van der Waals surface area contributed by atoms with E-state index in [1.165, 1.54) is 12.1 Å². The summed E-state index contributed by atoms with van der Waals surface area (Å²) in [5.41, 5.74) is 2.34. The van der Waals surface area contributed by atoms with Crippen molar-refractivity contribution in [3.8, 4) is 0 Å². The third-order valence-electron chi connectivity index (χ3n) is 3.01. The van der Waals surface area contributed by atoms with E-state index in [0.717, 1.165) is 24.7 Å². The quantitative estimate of drug-likeness (QED) is 0.803. The van der Waals surface area contributed by atoms with Gasteiger partial charge in [0.1, 0.15) is 0 Å². The molecule has 104 valence electrons. The Balaban J connectivity index is 2.52. The molecule has 4 heteroatoms. The Kier molecular flexibility index (Phi) is 5.82. The maximum Gasteiger partial charge on any atom is 0.0597 e. The highest BCUT2D eigenvalue weighted by molar-refractivity contribution is 5.08. The van der Waals surface area contributed by atoms with Crippen LogP contribution in [0.25, 0.3) is 0 Å². The largest absolute Gasteiger partial charge is 0.308 e. The molecule has 0 amide bonds. The van der Waals surface area contributed by atoms with E-state index in [9.17, 15) is 0 Å². The van der Waals surface area contributed by atoms with Gasteiger partial charge < -0.3 is 10.2 Å². The molecule has 1 aromatic rings. The lowest BCUT2D eigenvalue weighted by atomic mass is 10.0. The molecular weight excluding hydrogens is 224 g/mol. The molecule has 0 bridgehead atoms. The normalized spacial score (nSPS) is 13.6. The van der Waals surface area contributed by atoms with Crippen LogP contribution >= 0.6 is 0 Å². The van der Waals surface area contributed by atoms with Gasteiger partial charge in [-0.05, 0) is 39.4 Å². The molecule has 1 unspecified atom stereocenters. The Morgan fingerprint density at radius 1 is 1.39 bits per heavy atom. The molecule has 0 aromatic carbocycles. The zero-order valence-corrected chi connectivity index (χ0v) is 12.7. The second kappa shape index (κ2) is 6.90. The van der Waals surface area contributed by atoms with E-state index in [2.05, 4.69) is 49.3 Å². The molecule has 0 aliphatic carbocycles. The van der Waals surface area contributed by atoms with E-state index < -0.39 is 0 Å². The van der Waals surface area contributed by atoms with Gasteiger partial charge in [0.15, 0.2) is 0 Å². The SMILES string of the molecule is Cc1cc(CNC(CC(C)C)CN(C)C)n(C)n1. The van der Waals surface area contributed by atoms with Crippen LogP contribution in [0, 0.1) is 12.8 Å². The van der Waals surface area contributed by atoms with Crippen molar-refractivity contribution >= 4 is 0 Å². The summed E-state index contributed by atoms with van der Waals surface area (Å²) in [7, 11) is 6.26. The summed E-state index contributed by atoms with van der Waals surface area (Å²) >= 11 is 0. The van der Waals surface area contributed by atoms with Gasteiger partial charge >= 0.3 is 0 Å². The Hall–Kier alpha value is -0.870. The fourth-order valence-corrected chi connectivity index (χ4v) is 2.31. The number of aromatic nitrogens is 2. The molecule has 1 aromatic heterocycles. The molecule has 0 aliphatic heterocycles. The first-order chi connectivity index (χ1) is 8.38. The highest BCUT2D eigenvalue weighted by atomic mass is 15.3. The molecule has 1 N–H and O–H groups in total. The first kappa shape index (κ1) is 15.2. The van der Waals surface area contributed by atoms with Crippen molar-refractivity contribution in [3.05, 3.63) is 17.5 Å². The van der Waals surface area contributed by atoms with Crippen molar-refractivity contribution in [1.29, 1.82) is 0 Å². The number of rotatable bonds is 7. The van der Waals surface area contributed by atoms with E-state index in [1.54, 1.807) is 0 Å². The third kappa shape index (κ3) is 5.19. The van der Waals surface area contributed by atoms with Gasteiger partial charge in [0.2, 0.25) is 0 Å². The van der Waals surface area contributed by atoms with E-state index in [1.807, 2.05) is 18.7 Å². The molecule has 0 spiro atoms. The Labute approximate surface area is 111 Å². The number of hydrogen-bond donors (Lipinski definition) is 1. The van der Waals surface area contributed by atoms with Crippen LogP contribution in [0.5, 0.6) is 0 Å². The molecule has 0 aliphatic rings. The zero-order chi connectivity index (χ0) is 13.7. The molecule has 1 rings (SSSR count). The van der Waals surface area contributed by atoms with Crippen LogP contribution in [0.1, 0.15) is 31.7 Å². The fraction of sp³-hybridized carbons (Fsp3) is 0.786. The number of nitrogens with one attached hydrogen (secondary N) is 1. The zero-order valence-electron chi connectivity index (χ0n) is 12.7. The van der Waals surface area contributed by atoms with Crippen LogP contribution in [0.3, 0.4) is 0 Å². The number of likely N-dealkylation sites (N-methyl/N-ethyl adjacent to an activating group) is 1. The van der Waals surface area contributed by atoms with E-state index in [0.29, 0.717) is 6.04 Å². The minimum atomic E-state index is 0.537. The highest BCUT2D eigenvalue weighted by Crippen LogP contribution is 2.08. The minimum absolute atomic E-state index is 0.537. The molecule has 18 heavy (non-hydrogen) atoms. The van der Waals surface area contributed by atoms with Crippen molar-refractivity contribution < 1.29 is 0 Å². The summed E-state index contributed by atoms with van der Waals surface area (Å²) in [5, 5.41) is 8.03. The van der Waals surface area contributed by atoms with Gasteiger partial charge in [0.05, 0.1) is 11.4 Å². The standard InChI is InChI=1S/C14H28N4/c1-11(2)7-13(10-17(4)5)15-9-14-8-12(3)16-18(14)6/h8,11,13,15H,7,9-10H2,1-6H3. The Morgan fingerprint density at radius 3 is 2.50 bits per heavy atom. The smallest absolute Gasteiger partial charge is 0.0597 e. The minimum Gasteiger partial charge on any atom is -0.308 e. The summed E-state index contributed by atoms with van der Waals surface area (Å²) < 4.78 is 1.96. The lowest BCUT2D eigenvalue weighted by Gasteiger charge is -2.24. The maximum atomic E-state index is 4.38. The second-order valence-corrected chi connectivity index (χ2v) is 5.87. The maximum absolute atomic E-state index is 4.38. The third-order valence-corrected chi connectivity index (χ3v) is 3.01. The van der Waals surface area contributed by atoms with Gasteiger partial charge in [-0.3, -0.25) is 4.68 Å². The first-order valence-electron chi connectivity index (χ1n) is 6.76. The summed E-state index contributed by atoms with van der Waals surface area (Å²) in [6.07, 6.45) is 1.20.